The first kappa shape index (κ1) is 18.6. The molecular weight excluding hydrogens is 392 g/mol. The van der Waals surface area contributed by atoms with Gasteiger partial charge in [-0.15, -0.1) is 11.3 Å². The lowest BCUT2D eigenvalue weighted by molar-refractivity contribution is 0.0600. The third-order valence-corrected chi connectivity index (χ3v) is 5.50. The van der Waals surface area contributed by atoms with E-state index >= 15 is 0 Å². The van der Waals surface area contributed by atoms with Crippen LogP contribution in [0.4, 0.5) is 5.69 Å². The first-order valence-electron chi connectivity index (χ1n) is 7.51. The van der Waals surface area contributed by atoms with Crippen LogP contribution in [0.2, 0.25) is 5.02 Å². The highest BCUT2D eigenvalue weighted by atomic mass is 35.5. The molecule has 0 atom stereocenters. The number of carbonyl (C=O) groups is 1. The Morgan fingerprint density at radius 3 is 2.65 bits per heavy atom. The van der Waals surface area contributed by atoms with E-state index in [1.165, 1.54) is 19.1 Å². The van der Waals surface area contributed by atoms with Gasteiger partial charge >= 0.3 is 5.97 Å². The van der Waals surface area contributed by atoms with E-state index in [1.807, 2.05) is 29.6 Å². The second-order valence-electron chi connectivity index (χ2n) is 5.11. The molecule has 0 saturated carbocycles. The van der Waals surface area contributed by atoms with Gasteiger partial charge in [-0.3, -0.25) is 0 Å². The quantitative estimate of drug-likeness (QED) is 0.438. The first-order chi connectivity index (χ1) is 12.6. The van der Waals surface area contributed by atoms with E-state index in [0.717, 1.165) is 21.3 Å². The predicted molar refractivity (Wildman–Crippen MR) is 106 cm³/mol. The fourth-order valence-electron chi connectivity index (χ4n) is 2.16. The summed E-state index contributed by atoms with van der Waals surface area (Å²) in [5.74, 6) is 0.142. The van der Waals surface area contributed by atoms with Gasteiger partial charge in [0.15, 0.2) is 0 Å². The van der Waals surface area contributed by atoms with Crippen LogP contribution >= 0.6 is 34.9 Å². The Hall–Kier alpha value is -2.22. The molecule has 1 aromatic heterocycles. The summed E-state index contributed by atoms with van der Waals surface area (Å²) >= 11 is 8.84. The molecule has 2 aromatic carbocycles. The van der Waals surface area contributed by atoms with Crippen molar-refractivity contribution >= 4 is 46.5 Å². The minimum Gasteiger partial charge on any atom is -0.495 e. The number of halogens is 1. The molecule has 0 spiro atoms. The molecule has 0 amide bonds. The van der Waals surface area contributed by atoms with Gasteiger partial charge in [-0.25, -0.2) is 9.78 Å². The number of benzene rings is 2. The van der Waals surface area contributed by atoms with Crippen LogP contribution in [0.5, 0.6) is 5.75 Å². The van der Waals surface area contributed by atoms with Gasteiger partial charge in [-0.1, -0.05) is 23.7 Å². The number of nitrogens with one attached hydrogen (secondary N) is 1. The molecule has 3 rings (SSSR count). The lowest BCUT2D eigenvalue weighted by atomic mass is 10.2. The van der Waals surface area contributed by atoms with Gasteiger partial charge in [0.2, 0.25) is 0 Å². The lowest BCUT2D eigenvalue weighted by Crippen LogP contribution is -2.02. The van der Waals surface area contributed by atoms with Crippen LogP contribution in [0.25, 0.3) is 10.6 Å². The molecule has 134 valence electrons. The summed E-state index contributed by atoms with van der Waals surface area (Å²) in [7, 11) is 2.89. The van der Waals surface area contributed by atoms with E-state index < -0.39 is 5.97 Å². The van der Waals surface area contributed by atoms with Crippen molar-refractivity contribution in [2.45, 2.75) is 5.03 Å². The SMILES string of the molecule is COC(=O)c1ccc(NSc2csc(-c3ccc(Cl)cc3)n2)c(OC)c1. The highest BCUT2D eigenvalue weighted by Crippen LogP contribution is 2.33. The highest BCUT2D eigenvalue weighted by molar-refractivity contribution is 8.00. The maximum atomic E-state index is 11.6. The molecule has 0 aliphatic heterocycles. The number of carbonyl (C=O) groups excluding carboxylic acids is 1. The smallest absolute Gasteiger partial charge is 0.337 e. The Balaban J connectivity index is 1.71. The van der Waals surface area contributed by atoms with Crippen molar-refractivity contribution in [3.8, 4) is 16.3 Å². The van der Waals surface area contributed by atoms with Crippen molar-refractivity contribution in [3.05, 3.63) is 58.4 Å². The number of rotatable bonds is 6. The third kappa shape index (κ3) is 4.30. The van der Waals surface area contributed by atoms with Crippen LogP contribution in [0, 0.1) is 0 Å². The molecule has 26 heavy (non-hydrogen) atoms. The first-order valence-corrected chi connectivity index (χ1v) is 9.59. The average molecular weight is 407 g/mol. The molecule has 0 radical (unpaired) electrons. The zero-order valence-corrected chi connectivity index (χ0v) is 16.4. The summed E-state index contributed by atoms with van der Waals surface area (Å²) in [4.78, 5) is 16.2. The Morgan fingerprint density at radius 1 is 1.19 bits per heavy atom. The minimum atomic E-state index is -0.408. The molecule has 3 aromatic rings. The van der Waals surface area contributed by atoms with Crippen molar-refractivity contribution in [2.24, 2.45) is 0 Å². The highest BCUT2D eigenvalue weighted by Gasteiger charge is 2.11. The average Bonchev–Trinajstić information content (AvgIpc) is 3.15. The van der Waals surface area contributed by atoms with Crippen LogP contribution < -0.4 is 9.46 Å². The summed E-state index contributed by atoms with van der Waals surface area (Å²) in [6, 6.07) is 12.7. The number of thiazole rings is 1. The maximum Gasteiger partial charge on any atom is 0.337 e. The Kier molecular flexibility index (Phi) is 6.03. The van der Waals surface area contributed by atoms with Crippen LogP contribution in [0.15, 0.2) is 52.9 Å². The molecule has 0 bridgehead atoms. The Morgan fingerprint density at radius 2 is 1.96 bits per heavy atom. The molecular formula is C18H15ClN2O3S2. The number of nitrogens with zero attached hydrogens (tertiary/aromatic N) is 1. The Labute approximate surface area is 164 Å². The van der Waals surface area contributed by atoms with Gasteiger partial charge in [0.05, 0.1) is 25.5 Å². The Bertz CT molecular complexity index is 913. The molecule has 0 saturated heterocycles. The van der Waals surface area contributed by atoms with Crippen LogP contribution in [0.1, 0.15) is 10.4 Å². The van der Waals surface area contributed by atoms with Crippen molar-refractivity contribution in [2.75, 3.05) is 18.9 Å². The molecule has 5 nitrogen and oxygen atoms in total. The number of aromatic nitrogens is 1. The number of anilines is 1. The molecule has 8 heteroatoms. The molecule has 1 heterocycles. The number of methoxy groups -OCH3 is 2. The van der Waals surface area contributed by atoms with Gasteiger partial charge < -0.3 is 14.2 Å². The van der Waals surface area contributed by atoms with Crippen LogP contribution in [-0.4, -0.2) is 25.2 Å². The van der Waals surface area contributed by atoms with Crippen molar-refractivity contribution < 1.29 is 14.3 Å². The van der Waals surface area contributed by atoms with E-state index in [2.05, 4.69) is 9.71 Å². The van der Waals surface area contributed by atoms with Gasteiger partial charge in [0.25, 0.3) is 0 Å². The minimum absolute atomic E-state index is 0.408. The molecule has 0 aliphatic rings. The zero-order chi connectivity index (χ0) is 18.5. The summed E-state index contributed by atoms with van der Waals surface area (Å²) in [5, 5.41) is 4.42. The van der Waals surface area contributed by atoms with E-state index in [9.17, 15) is 4.79 Å². The molecule has 0 unspecified atom stereocenters. The maximum absolute atomic E-state index is 11.6. The summed E-state index contributed by atoms with van der Waals surface area (Å²) < 4.78 is 13.3. The van der Waals surface area contributed by atoms with Gasteiger partial charge in [-0.2, -0.15) is 0 Å². The monoisotopic (exact) mass is 406 g/mol. The van der Waals surface area contributed by atoms with Gasteiger partial charge in [-0.05, 0) is 30.3 Å². The van der Waals surface area contributed by atoms with Crippen molar-refractivity contribution in [1.29, 1.82) is 0 Å². The second-order valence-corrected chi connectivity index (χ2v) is 7.23. The predicted octanol–water partition coefficient (Wildman–Crippen LogP) is 5.38. The molecule has 0 fully saturated rings. The van der Waals surface area contributed by atoms with Crippen LogP contribution in [-0.2, 0) is 4.74 Å². The second kappa shape index (κ2) is 8.44. The fourth-order valence-corrected chi connectivity index (χ4v) is 3.89. The van der Waals surface area contributed by atoms with E-state index in [-0.39, 0.29) is 0 Å². The van der Waals surface area contributed by atoms with Crippen LogP contribution in [0.3, 0.4) is 0 Å². The normalized spacial score (nSPS) is 10.4. The van der Waals surface area contributed by atoms with Crippen molar-refractivity contribution in [1.82, 2.24) is 4.98 Å². The number of esters is 1. The largest absolute Gasteiger partial charge is 0.495 e. The van der Waals surface area contributed by atoms with E-state index in [4.69, 9.17) is 21.1 Å². The summed E-state index contributed by atoms with van der Waals surface area (Å²) in [6.45, 7) is 0. The zero-order valence-electron chi connectivity index (χ0n) is 14.0. The fraction of sp³-hybridized carbons (Fsp3) is 0.111. The topological polar surface area (TPSA) is 60.5 Å². The molecule has 0 aliphatic carbocycles. The standard InChI is InChI=1S/C18H15ClN2O3S2/c1-23-15-9-12(18(22)24-2)5-8-14(15)21-26-16-10-25-17(20-16)11-3-6-13(19)7-4-11/h3-10,21H,1-2H3. The van der Waals surface area contributed by atoms with Gasteiger partial charge in [0.1, 0.15) is 15.8 Å². The lowest BCUT2D eigenvalue weighted by Gasteiger charge is -2.10. The summed E-state index contributed by atoms with van der Waals surface area (Å²) in [5.41, 5.74) is 2.19. The third-order valence-electron chi connectivity index (χ3n) is 3.46. The van der Waals surface area contributed by atoms with E-state index in [1.54, 1.807) is 36.6 Å². The van der Waals surface area contributed by atoms with Gasteiger partial charge in [0, 0.05) is 27.9 Å². The number of ether oxygens (including phenoxy) is 2. The number of hydrogen-bond donors (Lipinski definition) is 1. The van der Waals surface area contributed by atoms with E-state index in [0.29, 0.717) is 16.3 Å². The number of hydrogen-bond acceptors (Lipinski definition) is 7. The summed E-state index contributed by atoms with van der Waals surface area (Å²) in [6.07, 6.45) is 0. The van der Waals surface area contributed by atoms with Crippen molar-refractivity contribution in [3.63, 3.8) is 0 Å². The molecule has 1 N–H and O–H groups in total.